The molecule has 20 heavy (non-hydrogen) atoms. The molecule has 0 saturated carbocycles. The summed E-state index contributed by atoms with van der Waals surface area (Å²) in [6.07, 6.45) is 2.04. The van der Waals surface area contributed by atoms with E-state index in [2.05, 4.69) is 5.10 Å². The maximum Gasteiger partial charge on any atom is 0.182 e. The van der Waals surface area contributed by atoms with Gasteiger partial charge in [0.15, 0.2) is 9.84 Å². The van der Waals surface area contributed by atoms with Crippen LogP contribution < -0.4 is 10.5 Å². The van der Waals surface area contributed by atoms with E-state index in [1.54, 1.807) is 30.1 Å². The van der Waals surface area contributed by atoms with Gasteiger partial charge in [-0.1, -0.05) is 0 Å². The van der Waals surface area contributed by atoms with Gasteiger partial charge in [0.05, 0.1) is 12.9 Å². The molecule has 108 valence electrons. The molecular formula is C13H17N3O3S. The van der Waals surface area contributed by atoms with Crippen LogP contribution in [0.4, 0.5) is 5.69 Å². The summed E-state index contributed by atoms with van der Waals surface area (Å²) in [5.41, 5.74) is 6.96. The van der Waals surface area contributed by atoms with Crippen molar-refractivity contribution in [2.75, 3.05) is 18.6 Å². The summed E-state index contributed by atoms with van der Waals surface area (Å²) in [7, 11) is -0.225. The van der Waals surface area contributed by atoms with Gasteiger partial charge in [-0.15, -0.1) is 0 Å². The lowest BCUT2D eigenvalue weighted by Crippen LogP contribution is -2.12. The van der Waals surface area contributed by atoms with Gasteiger partial charge >= 0.3 is 0 Å². The van der Waals surface area contributed by atoms with Crippen LogP contribution in [0, 0.1) is 0 Å². The van der Waals surface area contributed by atoms with Crippen molar-refractivity contribution in [3.8, 4) is 5.75 Å². The topological polar surface area (TPSA) is 87.2 Å². The van der Waals surface area contributed by atoms with Gasteiger partial charge in [-0.05, 0) is 18.2 Å². The van der Waals surface area contributed by atoms with E-state index in [0.717, 1.165) is 5.69 Å². The molecule has 0 aliphatic heterocycles. The highest BCUT2D eigenvalue weighted by molar-refractivity contribution is 7.91. The number of methoxy groups -OCH3 is 1. The number of nitrogen functional groups attached to an aromatic ring is 1. The first-order valence-electron chi connectivity index (χ1n) is 6.07. The molecule has 7 heteroatoms. The molecule has 0 aliphatic carbocycles. The number of benzene rings is 1. The third kappa shape index (κ3) is 2.93. The molecule has 0 bridgehead atoms. The van der Waals surface area contributed by atoms with Crippen LogP contribution in [0.5, 0.6) is 5.75 Å². The molecule has 0 atom stereocenters. The number of nitrogens with two attached hydrogens (primary N) is 1. The van der Waals surface area contributed by atoms with Crippen LogP contribution in [0.25, 0.3) is 0 Å². The van der Waals surface area contributed by atoms with Crippen LogP contribution in [0.2, 0.25) is 0 Å². The lowest BCUT2D eigenvalue weighted by atomic mass is 10.3. The predicted molar refractivity (Wildman–Crippen MR) is 76.4 cm³/mol. The SMILES string of the molecule is COc1cc(N)ccc1S(=O)(=O)CCc1ccnn1C. The van der Waals surface area contributed by atoms with Gasteiger partial charge in [0.1, 0.15) is 10.6 Å². The molecule has 0 saturated heterocycles. The number of hydrogen-bond donors (Lipinski definition) is 1. The number of aromatic nitrogens is 2. The second-order valence-corrected chi connectivity index (χ2v) is 6.50. The summed E-state index contributed by atoms with van der Waals surface area (Å²) in [6.45, 7) is 0. The van der Waals surface area contributed by atoms with E-state index in [0.29, 0.717) is 12.1 Å². The molecule has 6 nitrogen and oxygen atoms in total. The van der Waals surface area contributed by atoms with E-state index in [9.17, 15) is 8.42 Å². The Kier molecular flexibility index (Phi) is 3.99. The fraction of sp³-hybridized carbons (Fsp3) is 0.308. The number of nitrogens with zero attached hydrogens (tertiary/aromatic N) is 2. The second-order valence-electron chi connectivity index (χ2n) is 4.43. The van der Waals surface area contributed by atoms with Crippen molar-refractivity contribution >= 4 is 15.5 Å². The Hall–Kier alpha value is -2.02. The van der Waals surface area contributed by atoms with E-state index in [1.807, 2.05) is 0 Å². The van der Waals surface area contributed by atoms with Gasteiger partial charge in [0.2, 0.25) is 0 Å². The highest BCUT2D eigenvalue weighted by Gasteiger charge is 2.20. The Balaban J connectivity index is 2.25. The van der Waals surface area contributed by atoms with Gasteiger partial charge in [-0.3, -0.25) is 4.68 Å². The largest absolute Gasteiger partial charge is 0.495 e. The quantitative estimate of drug-likeness (QED) is 0.832. The van der Waals surface area contributed by atoms with Gasteiger partial charge < -0.3 is 10.5 Å². The third-order valence-electron chi connectivity index (χ3n) is 3.07. The normalized spacial score (nSPS) is 11.5. The minimum atomic E-state index is -3.43. The van der Waals surface area contributed by atoms with E-state index in [-0.39, 0.29) is 16.4 Å². The van der Waals surface area contributed by atoms with Crippen molar-refractivity contribution in [3.63, 3.8) is 0 Å². The molecule has 0 radical (unpaired) electrons. The van der Waals surface area contributed by atoms with Crippen molar-refractivity contribution < 1.29 is 13.2 Å². The lowest BCUT2D eigenvalue weighted by Gasteiger charge is -2.10. The van der Waals surface area contributed by atoms with Gasteiger partial charge in [-0.25, -0.2) is 8.42 Å². The average Bonchev–Trinajstić information content (AvgIpc) is 2.81. The molecule has 1 aromatic heterocycles. The summed E-state index contributed by atoms with van der Waals surface area (Å²) in [6, 6.07) is 6.35. The monoisotopic (exact) mass is 295 g/mol. The summed E-state index contributed by atoms with van der Waals surface area (Å²) >= 11 is 0. The van der Waals surface area contributed by atoms with Crippen LogP contribution in [-0.4, -0.2) is 31.1 Å². The number of aryl methyl sites for hydroxylation is 2. The van der Waals surface area contributed by atoms with E-state index in [4.69, 9.17) is 10.5 Å². The molecule has 2 rings (SSSR count). The van der Waals surface area contributed by atoms with E-state index < -0.39 is 9.84 Å². The van der Waals surface area contributed by atoms with Gasteiger partial charge in [0, 0.05) is 37.1 Å². The minimum absolute atomic E-state index is 0.00713. The highest BCUT2D eigenvalue weighted by Crippen LogP contribution is 2.27. The number of sulfone groups is 1. The Labute approximate surface area is 118 Å². The first-order chi connectivity index (χ1) is 9.44. The molecule has 1 heterocycles. The first kappa shape index (κ1) is 14.4. The lowest BCUT2D eigenvalue weighted by molar-refractivity contribution is 0.403. The molecule has 0 spiro atoms. The zero-order valence-corrected chi connectivity index (χ0v) is 12.2. The zero-order valence-electron chi connectivity index (χ0n) is 11.4. The molecule has 0 amide bonds. The fourth-order valence-electron chi connectivity index (χ4n) is 1.94. The van der Waals surface area contributed by atoms with Crippen LogP contribution in [0.3, 0.4) is 0 Å². The first-order valence-corrected chi connectivity index (χ1v) is 7.72. The number of rotatable bonds is 5. The Morgan fingerprint density at radius 1 is 1.35 bits per heavy atom. The Morgan fingerprint density at radius 2 is 2.10 bits per heavy atom. The summed E-state index contributed by atoms with van der Waals surface area (Å²) < 4.78 is 31.5. The summed E-state index contributed by atoms with van der Waals surface area (Å²) in [5.74, 6) is 0.266. The van der Waals surface area contributed by atoms with E-state index in [1.165, 1.54) is 19.2 Å². The predicted octanol–water partition coefficient (Wildman–Crippen LogP) is 1.03. The van der Waals surface area contributed by atoms with Crippen molar-refractivity contribution in [1.29, 1.82) is 0 Å². The average molecular weight is 295 g/mol. The molecule has 0 fully saturated rings. The third-order valence-corrected chi connectivity index (χ3v) is 4.82. The van der Waals surface area contributed by atoms with Crippen molar-refractivity contribution in [2.24, 2.45) is 7.05 Å². The minimum Gasteiger partial charge on any atom is -0.495 e. The van der Waals surface area contributed by atoms with Crippen LogP contribution in [-0.2, 0) is 23.3 Å². The van der Waals surface area contributed by atoms with Crippen LogP contribution >= 0.6 is 0 Å². The fourth-order valence-corrected chi connectivity index (χ4v) is 3.36. The standard InChI is InChI=1S/C13H17N3O3S/c1-16-11(5-7-15-16)6-8-20(17,18)13-4-3-10(14)9-12(13)19-2/h3-5,7,9H,6,8,14H2,1-2H3. The molecule has 0 aliphatic rings. The van der Waals surface area contributed by atoms with Crippen molar-refractivity contribution in [2.45, 2.75) is 11.3 Å². The zero-order chi connectivity index (χ0) is 14.8. The molecule has 2 aromatic rings. The second kappa shape index (κ2) is 5.54. The highest BCUT2D eigenvalue weighted by atomic mass is 32.2. The Bertz CT molecular complexity index is 707. The number of hydrogen-bond acceptors (Lipinski definition) is 5. The van der Waals surface area contributed by atoms with Crippen molar-refractivity contribution in [3.05, 3.63) is 36.2 Å². The van der Waals surface area contributed by atoms with Gasteiger partial charge in [0.25, 0.3) is 0 Å². The Morgan fingerprint density at radius 3 is 2.70 bits per heavy atom. The van der Waals surface area contributed by atoms with Gasteiger partial charge in [-0.2, -0.15) is 5.10 Å². The maximum absolute atomic E-state index is 12.4. The molecule has 2 N–H and O–H groups in total. The molecular weight excluding hydrogens is 278 g/mol. The van der Waals surface area contributed by atoms with Crippen LogP contribution in [0.15, 0.2) is 35.4 Å². The summed E-state index contributed by atoms with van der Waals surface area (Å²) in [4.78, 5) is 0.163. The van der Waals surface area contributed by atoms with E-state index >= 15 is 0 Å². The van der Waals surface area contributed by atoms with Crippen molar-refractivity contribution in [1.82, 2.24) is 9.78 Å². The number of anilines is 1. The van der Waals surface area contributed by atoms with Crippen LogP contribution in [0.1, 0.15) is 5.69 Å². The maximum atomic E-state index is 12.4. The smallest absolute Gasteiger partial charge is 0.182 e. The number of ether oxygens (including phenoxy) is 1. The summed E-state index contributed by atoms with van der Waals surface area (Å²) in [5, 5.41) is 4.02. The molecule has 0 unspecified atom stereocenters. The molecule has 1 aromatic carbocycles.